The summed E-state index contributed by atoms with van der Waals surface area (Å²) in [5.41, 5.74) is 2.18. The van der Waals surface area contributed by atoms with Crippen molar-refractivity contribution in [3.8, 4) is 0 Å². The predicted molar refractivity (Wildman–Crippen MR) is 125 cm³/mol. The van der Waals surface area contributed by atoms with Crippen molar-refractivity contribution in [2.45, 2.75) is 26.3 Å². The van der Waals surface area contributed by atoms with Gasteiger partial charge in [0.25, 0.3) is 0 Å². The molecule has 1 atom stereocenters. The van der Waals surface area contributed by atoms with E-state index in [2.05, 4.69) is 41.1 Å². The Balaban J connectivity index is 1.48. The van der Waals surface area contributed by atoms with Gasteiger partial charge in [-0.25, -0.2) is 0 Å². The number of nitrogens with one attached hydrogen (secondary N) is 1. The van der Waals surface area contributed by atoms with Gasteiger partial charge in [0.2, 0.25) is 11.8 Å². The third-order valence-corrected chi connectivity index (χ3v) is 5.93. The Bertz CT molecular complexity index is 816. The van der Waals surface area contributed by atoms with E-state index >= 15 is 0 Å². The molecule has 0 saturated carbocycles. The Morgan fingerprint density at radius 3 is 2.06 bits per heavy atom. The molecule has 2 amide bonds. The van der Waals surface area contributed by atoms with Crippen LogP contribution in [0.25, 0.3) is 0 Å². The lowest BCUT2D eigenvalue weighted by Gasteiger charge is -2.36. The third-order valence-electron chi connectivity index (χ3n) is 5.93. The van der Waals surface area contributed by atoms with Gasteiger partial charge in [0.05, 0.1) is 0 Å². The second-order valence-corrected chi connectivity index (χ2v) is 7.78. The van der Waals surface area contributed by atoms with Crippen LogP contribution in [0.5, 0.6) is 0 Å². The minimum Gasteiger partial charge on any atom is -0.368 e. The molecule has 166 valence electrons. The second kappa shape index (κ2) is 11.5. The van der Waals surface area contributed by atoms with Crippen molar-refractivity contribution in [1.82, 2.24) is 15.1 Å². The number of carbonyl (C=O) groups excluding carboxylic acids is 2. The second-order valence-electron chi connectivity index (χ2n) is 7.78. The van der Waals surface area contributed by atoms with Crippen LogP contribution in [0.4, 0.5) is 5.69 Å². The molecule has 2 aromatic rings. The summed E-state index contributed by atoms with van der Waals surface area (Å²) in [5, 5.41) is 3.00. The van der Waals surface area contributed by atoms with Crippen LogP contribution >= 0.6 is 0 Å². The maximum atomic E-state index is 13.0. The SMILES string of the molecule is CCN(CC)C(C(=O)NCCC(=O)N1CCN(c2ccccc2)CC1)c1ccccc1. The van der Waals surface area contributed by atoms with Crippen LogP contribution < -0.4 is 10.2 Å². The van der Waals surface area contributed by atoms with E-state index in [4.69, 9.17) is 0 Å². The fourth-order valence-electron chi connectivity index (χ4n) is 4.15. The van der Waals surface area contributed by atoms with Crippen LogP contribution in [0.1, 0.15) is 31.9 Å². The van der Waals surface area contributed by atoms with Gasteiger partial charge in [0.1, 0.15) is 6.04 Å². The summed E-state index contributed by atoms with van der Waals surface area (Å²) in [6.07, 6.45) is 0.330. The number of hydrogen-bond donors (Lipinski definition) is 1. The number of amides is 2. The molecule has 1 heterocycles. The normalized spacial score (nSPS) is 15.1. The fourth-order valence-corrected chi connectivity index (χ4v) is 4.15. The zero-order valence-electron chi connectivity index (χ0n) is 18.7. The lowest BCUT2D eigenvalue weighted by molar-refractivity contribution is -0.131. The van der Waals surface area contributed by atoms with Crippen molar-refractivity contribution < 1.29 is 9.59 Å². The molecular weight excluding hydrogens is 388 g/mol. The number of likely N-dealkylation sites (N-methyl/N-ethyl adjacent to an activating group) is 1. The number of nitrogens with zero attached hydrogens (tertiary/aromatic N) is 3. The lowest BCUT2D eigenvalue weighted by Crippen LogP contribution is -2.49. The lowest BCUT2D eigenvalue weighted by atomic mass is 10.0. The molecule has 6 heteroatoms. The first-order chi connectivity index (χ1) is 15.1. The summed E-state index contributed by atoms with van der Waals surface area (Å²) in [6, 6.07) is 19.8. The average molecular weight is 423 g/mol. The van der Waals surface area contributed by atoms with Crippen molar-refractivity contribution >= 4 is 17.5 Å². The van der Waals surface area contributed by atoms with E-state index in [-0.39, 0.29) is 17.9 Å². The third kappa shape index (κ3) is 6.07. The van der Waals surface area contributed by atoms with Crippen LogP contribution in [0.2, 0.25) is 0 Å². The molecule has 1 saturated heterocycles. The Morgan fingerprint density at radius 1 is 0.903 bits per heavy atom. The van der Waals surface area contributed by atoms with Crippen molar-refractivity contribution in [2.24, 2.45) is 0 Å². The molecule has 0 aromatic heterocycles. The van der Waals surface area contributed by atoms with Gasteiger partial charge < -0.3 is 15.1 Å². The van der Waals surface area contributed by atoms with E-state index in [0.29, 0.717) is 26.1 Å². The van der Waals surface area contributed by atoms with Gasteiger partial charge in [-0.15, -0.1) is 0 Å². The molecule has 1 aliphatic rings. The molecule has 1 aliphatic heterocycles. The van der Waals surface area contributed by atoms with Crippen molar-refractivity contribution in [1.29, 1.82) is 0 Å². The van der Waals surface area contributed by atoms with Gasteiger partial charge in [-0.1, -0.05) is 62.4 Å². The molecular formula is C25H34N4O2. The van der Waals surface area contributed by atoms with Crippen LogP contribution in [-0.2, 0) is 9.59 Å². The van der Waals surface area contributed by atoms with Crippen LogP contribution in [0.3, 0.4) is 0 Å². The highest BCUT2D eigenvalue weighted by molar-refractivity contribution is 5.84. The van der Waals surface area contributed by atoms with E-state index in [9.17, 15) is 9.59 Å². The highest BCUT2D eigenvalue weighted by Gasteiger charge is 2.26. The first-order valence-corrected chi connectivity index (χ1v) is 11.3. The highest BCUT2D eigenvalue weighted by atomic mass is 16.2. The summed E-state index contributed by atoms with van der Waals surface area (Å²) in [6.45, 7) is 9.15. The van der Waals surface area contributed by atoms with Gasteiger partial charge in [0.15, 0.2) is 0 Å². The Hall–Kier alpha value is -2.86. The minimum absolute atomic E-state index is 0.0448. The van der Waals surface area contributed by atoms with E-state index in [0.717, 1.165) is 31.7 Å². The molecule has 0 spiro atoms. The Morgan fingerprint density at radius 2 is 1.48 bits per heavy atom. The molecule has 3 rings (SSSR count). The molecule has 0 bridgehead atoms. The molecule has 1 fully saturated rings. The average Bonchev–Trinajstić information content (AvgIpc) is 2.83. The number of rotatable bonds is 9. The number of benzene rings is 2. The van der Waals surface area contributed by atoms with E-state index in [1.54, 1.807) is 0 Å². The number of anilines is 1. The molecule has 2 aromatic carbocycles. The smallest absolute Gasteiger partial charge is 0.241 e. The topological polar surface area (TPSA) is 55.9 Å². The molecule has 1 unspecified atom stereocenters. The molecule has 1 N–H and O–H groups in total. The van der Waals surface area contributed by atoms with Crippen molar-refractivity contribution in [3.63, 3.8) is 0 Å². The number of carbonyl (C=O) groups is 2. The van der Waals surface area contributed by atoms with E-state index < -0.39 is 0 Å². The number of piperazine rings is 1. The quantitative estimate of drug-likeness (QED) is 0.675. The zero-order chi connectivity index (χ0) is 22.1. The zero-order valence-corrected chi connectivity index (χ0v) is 18.7. The molecule has 0 radical (unpaired) electrons. The van der Waals surface area contributed by atoms with Crippen LogP contribution in [-0.4, -0.2) is 67.4 Å². The van der Waals surface area contributed by atoms with Gasteiger partial charge >= 0.3 is 0 Å². The molecule has 6 nitrogen and oxygen atoms in total. The van der Waals surface area contributed by atoms with E-state index in [1.807, 2.05) is 53.4 Å². The Kier molecular flexibility index (Phi) is 8.47. The van der Waals surface area contributed by atoms with Crippen molar-refractivity contribution in [2.75, 3.05) is 50.7 Å². The summed E-state index contributed by atoms with van der Waals surface area (Å²) in [4.78, 5) is 32.0. The maximum absolute atomic E-state index is 13.0. The van der Waals surface area contributed by atoms with Crippen LogP contribution in [0.15, 0.2) is 60.7 Å². The summed E-state index contributed by atoms with van der Waals surface area (Å²) in [7, 11) is 0. The summed E-state index contributed by atoms with van der Waals surface area (Å²) in [5.74, 6) is 0.0590. The largest absolute Gasteiger partial charge is 0.368 e. The highest BCUT2D eigenvalue weighted by Crippen LogP contribution is 2.20. The molecule has 0 aliphatic carbocycles. The first kappa shape index (κ1) is 22.8. The summed E-state index contributed by atoms with van der Waals surface area (Å²) >= 11 is 0. The number of para-hydroxylation sites is 1. The first-order valence-electron chi connectivity index (χ1n) is 11.3. The maximum Gasteiger partial charge on any atom is 0.241 e. The Labute approximate surface area is 185 Å². The number of hydrogen-bond acceptors (Lipinski definition) is 4. The standard InChI is InChI=1S/C25H34N4O2/c1-3-27(4-2)24(21-11-7-5-8-12-21)25(31)26-16-15-23(30)29-19-17-28(18-20-29)22-13-9-6-10-14-22/h5-14,24H,3-4,15-20H2,1-2H3,(H,26,31). The fraction of sp³-hybridized carbons (Fsp3) is 0.440. The predicted octanol–water partition coefficient (Wildman–Crippen LogP) is 2.92. The van der Waals surface area contributed by atoms with Crippen molar-refractivity contribution in [3.05, 3.63) is 66.2 Å². The van der Waals surface area contributed by atoms with E-state index in [1.165, 1.54) is 5.69 Å². The van der Waals surface area contributed by atoms with Crippen LogP contribution in [0, 0.1) is 0 Å². The summed E-state index contributed by atoms with van der Waals surface area (Å²) < 4.78 is 0. The minimum atomic E-state index is -0.333. The van der Waals surface area contributed by atoms with Gasteiger partial charge in [-0.2, -0.15) is 0 Å². The van der Waals surface area contributed by atoms with Gasteiger partial charge in [-0.05, 0) is 30.8 Å². The van der Waals surface area contributed by atoms with Gasteiger partial charge in [0, 0.05) is 44.8 Å². The monoisotopic (exact) mass is 422 g/mol. The van der Waals surface area contributed by atoms with Gasteiger partial charge in [-0.3, -0.25) is 14.5 Å². The molecule has 31 heavy (non-hydrogen) atoms.